The lowest BCUT2D eigenvalue weighted by Gasteiger charge is -2.26. The molecule has 5 N–H and O–H groups in total. The third-order valence-electron chi connectivity index (χ3n) is 5.65. The van der Waals surface area contributed by atoms with Crippen molar-refractivity contribution >= 4 is 23.2 Å². The van der Waals surface area contributed by atoms with Crippen LogP contribution in [0.1, 0.15) is 37.6 Å². The van der Waals surface area contributed by atoms with Crippen molar-refractivity contribution in [2.45, 2.75) is 27.2 Å². The fourth-order valence-electron chi connectivity index (χ4n) is 3.70. The number of amides is 2. The largest absolute Gasteiger partial charge is 0.465 e. The molecule has 1 unspecified atom stereocenters. The van der Waals surface area contributed by atoms with E-state index < -0.39 is 23.5 Å². The van der Waals surface area contributed by atoms with E-state index in [1.807, 2.05) is 0 Å². The number of fused-ring (bicyclic) bond motifs is 1. The summed E-state index contributed by atoms with van der Waals surface area (Å²) < 4.78 is 13.8. The average molecular weight is 443 g/mol. The minimum atomic E-state index is -0.830. The molecule has 1 aliphatic heterocycles. The Morgan fingerprint density at radius 3 is 2.50 bits per heavy atom. The molecule has 10 heteroatoms. The Balaban J connectivity index is 0.000000207. The molecule has 0 aliphatic carbocycles. The van der Waals surface area contributed by atoms with E-state index in [2.05, 4.69) is 35.7 Å². The lowest BCUT2D eigenvalue weighted by atomic mass is 9.80. The summed E-state index contributed by atoms with van der Waals surface area (Å²) in [5, 5.41) is 8.72. The van der Waals surface area contributed by atoms with Crippen LogP contribution in [0.4, 0.5) is 9.18 Å². The molecule has 1 aromatic carbocycles. The van der Waals surface area contributed by atoms with Gasteiger partial charge in [0.2, 0.25) is 0 Å². The maximum atomic E-state index is 13.8. The van der Waals surface area contributed by atoms with E-state index in [0.717, 1.165) is 6.42 Å². The molecule has 0 radical (unpaired) electrons. The van der Waals surface area contributed by atoms with Gasteiger partial charge in [-0.25, -0.2) is 19.0 Å². The Morgan fingerprint density at radius 2 is 1.97 bits per heavy atom. The molecule has 1 fully saturated rings. The van der Waals surface area contributed by atoms with Gasteiger partial charge in [0.1, 0.15) is 5.82 Å². The number of carbonyl (C=O) groups is 2. The van der Waals surface area contributed by atoms with Crippen LogP contribution < -0.4 is 11.4 Å². The van der Waals surface area contributed by atoms with Gasteiger partial charge in [-0.1, -0.05) is 26.8 Å². The quantitative estimate of drug-likeness (QED) is 0.481. The van der Waals surface area contributed by atoms with Crippen LogP contribution in [0.15, 0.2) is 35.3 Å². The molecular formula is C22H26FN5O4. The third-order valence-corrected chi connectivity index (χ3v) is 5.65. The number of rotatable bonds is 2. The number of carbonyl (C=O) groups excluding carboxylic acids is 1. The molecule has 9 nitrogen and oxygen atoms in total. The van der Waals surface area contributed by atoms with E-state index in [1.165, 1.54) is 23.2 Å². The smallest absolute Gasteiger partial charge is 0.407 e. The molecule has 3 heterocycles. The van der Waals surface area contributed by atoms with Crippen molar-refractivity contribution in [3.63, 3.8) is 0 Å². The van der Waals surface area contributed by atoms with E-state index in [-0.39, 0.29) is 11.0 Å². The fraction of sp³-hybridized carbons (Fsp3) is 0.364. The summed E-state index contributed by atoms with van der Waals surface area (Å²) in [5.41, 5.74) is 6.69. The van der Waals surface area contributed by atoms with Crippen molar-refractivity contribution < 1.29 is 19.1 Å². The van der Waals surface area contributed by atoms with Crippen LogP contribution in [0, 0.1) is 17.2 Å². The van der Waals surface area contributed by atoms with Gasteiger partial charge in [-0.3, -0.25) is 9.78 Å². The van der Waals surface area contributed by atoms with Gasteiger partial charge in [0, 0.05) is 24.8 Å². The van der Waals surface area contributed by atoms with Crippen LogP contribution in [0.5, 0.6) is 0 Å². The summed E-state index contributed by atoms with van der Waals surface area (Å²) >= 11 is 0. The standard InChI is InChI=1S/C13H9FN4O2.C9H17NO2/c14-9-5-6(1-2-8(9)11(15)19)7-3-4-16-12-10(7)17-13(20)18-12;1-9(2,3)7-4-5-10(6-7)8(11)12/h1-5H,(H2,15,19)(H2,16,17,18,20);7H,4-6H2,1-3H3,(H,11,12). The van der Waals surface area contributed by atoms with Gasteiger partial charge < -0.3 is 20.7 Å². The van der Waals surface area contributed by atoms with Crippen molar-refractivity contribution in [1.82, 2.24) is 19.9 Å². The molecule has 2 aromatic heterocycles. The molecular weight excluding hydrogens is 417 g/mol. The van der Waals surface area contributed by atoms with Crippen molar-refractivity contribution in [1.29, 1.82) is 0 Å². The second kappa shape index (κ2) is 8.81. The molecule has 1 atom stereocenters. The number of nitrogens with zero attached hydrogens (tertiary/aromatic N) is 2. The third kappa shape index (κ3) is 4.96. The Labute approximate surface area is 183 Å². The Kier molecular flexibility index (Phi) is 6.33. The molecule has 2 amide bonds. The Hall–Kier alpha value is -3.69. The van der Waals surface area contributed by atoms with Gasteiger partial charge in [-0.2, -0.15) is 0 Å². The zero-order valence-corrected chi connectivity index (χ0v) is 18.1. The van der Waals surface area contributed by atoms with E-state index >= 15 is 0 Å². The zero-order valence-electron chi connectivity index (χ0n) is 18.1. The predicted molar refractivity (Wildman–Crippen MR) is 118 cm³/mol. The first-order valence-electron chi connectivity index (χ1n) is 10.1. The number of nitrogens with two attached hydrogens (primary N) is 1. The summed E-state index contributed by atoms with van der Waals surface area (Å²) in [6, 6.07) is 5.71. The number of benzene rings is 1. The summed E-state index contributed by atoms with van der Waals surface area (Å²) in [4.78, 5) is 43.5. The van der Waals surface area contributed by atoms with Crippen molar-refractivity contribution in [2.24, 2.45) is 17.1 Å². The predicted octanol–water partition coefficient (Wildman–Crippen LogP) is 3.19. The van der Waals surface area contributed by atoms with Crippen LogP contribution in [0.25, 0.3) is 22.3 Å². The van der Waals surface area contributed by atoms with Gasteiger partial charge in [-0.15, -0.1) is 0 Å². The number of pyridine rings is 1. The second-order valence-electron chi connectivity index (χ2n) is 8.80. The van der Waals surface area contributed by atoms with Crippen LogP contribution in [-0.4, -0.2) is 50.0 Å². The number of imidazole rings is 1. The highest BCUT2D eigenvalue weighted by Crippen LogP contribution is 2.33. The highest BCUT2D eigenvalue weighted by atomic mass is 19.1. The number of aromatic nitrogens is 3. The minimum absolute atomic E-state index is 0.179. The number of halogens is 1. The number of primary amides is 1. The Bertz CT molecular complexity index is 1210. The number of likely N-dealkylation sites (tertiary alicyclic amines) is 1. The lowest BCUT2D eigenvalue weighted by molar-refractivity contribution is 0.0996. The molecule has 170 valence electrons. The molecule has 3 aromatic rings. The Morgan fingerprint density at radius 1 is 1.25 bits per heavy atom. The first-order chi connectivity index (χ1) is 15.0. The summed E-state index contributed by atoms with van der Waals surface area (Å²) in [6.07, 6.45) is 1.73. The summed E-state index contributed by atoms with van der Waals surface area (Å²) in [5.74, 6) is -1.02. The normalized spacial score (nSPS) is 16.0. The molecule has 4 rings (SSSR count). The molecule has 0 bridgehead atoms. The molecule has 32 heavy (non-hydrogen) atoms. The van der Waals surface area contributed by atoms with Gasteiger partial charge in [0.15, 0.2) is 5.65 Å². The number of carboxylic acid groups (broad SMARTS) is 1. The fourth-order valence-corrected chi connectivity index (χ4v) is 3.70. The topological polar surface area (TPSA) is 145 Å². The monoisotopic (exact) mass is 443 g/mol. The average Bonchev–Trinajstić information content (AvgIpc) is 3.34. The van der Waals surface area contributed by atoms with Gasteiger partial charge in [0.25, 0.3) is 5.91 Å². The SMILES string of the molecule is CC(C)(C)C1CCN(C(=O)O)C1.NC(=O)c1ccc(-c2ccnc3[nH]c(=O)[nH]c23)cc1F. The van der Waals surface area contributed by atoms with Crippen molar-refractivity contribution in [2.75, 3.05) is 13.1 Å². The van der Waals surface area contributed by atoms with Crippen LogP contribution in [-0.2, 0) is 0 Å². The van der Waals surface area contributed by atoms with E-state index in [4.69, 9.17) is 10.8 Å². The first-order valence-corrected chi connectivity index (χ1v) is 10.1. The lowest BCUT2D eigenvalue weighted by Crippen LogP contribution is -2.29. The summed E-state index contributed by atoms with van der Waals surface area (Å²) in [6.45, 7) is 7.92. The number of hydrogen-bond donors (Lipinski definition) is 4. The molecule has 0 spiro atoms. The maximum Gasteiger partial charge on any atom is 0.407 e. The minimum Gasteiger partial charge on any atom is -0.465 e. The number of aromatic amines is 2. The second-order valence-corrected chi connectivity index (χ2v) is 8.80. The highest BCUT2D eigenvalue weighted by Gasteiger charge is 2.33. The van der Waals surface area contributed by atoms with Gasteiger partial charge >= 0.3 is 11.8 Å². The van der Waals surface area contributed by atoms with Crippen LogP contribution in [0.2, 0.25) is 0 Å². The number of H-pyrrole nitrogens is 2. The van der Waals surface area contributed by atoms with Crippen LogP contribution >= 0.6 is 0 Å². The van der Waals surface area contributed by atoms with E-state index in [9.17, 15) is 18.8 Å². The van der Waals surface area contributed by atoms with Crippen LogP contribution in [0.3, 0.4) is 0 Å². The molecule has 0 saturated carbocycles. The number of hydrogen-bond acceptors (Lipinski definition) is 4. The summed E-state index contributed by atoms with van der Waals surface area (Å²) in [7, 11) is 0. The first kappa shape index (κ1) is 23.0. The number of nitrogens with one attached hydrogen (secondary N) is 2. The molecule has 1 aliphatic rings. The maximum absolute atomic E-state index is 13.8. The highest BCUT2D eigenvalue weighted by molar-refractivity contribution is 5.95. The van der Waals surface area contributed by atoms with Crippen molar-refractivity contribution in [3.8, 4) is 11.1 Å². The van der Waals surface area contributed by atoms with E-state index in [0.29, 0.717) is 41.3 Å². The van der Waals surface area contributed by atoms with Crippen molar-refractivity contribution in [3.05, 3.63) is 52.3 Å². The molecule has 1 saturated heterocycles. The zero-order chi connectivity index (χ0) is 23.6. The van der Waals surface area contributed by atoms with Gasteiger partial charge in [0.05, 0.1) is 11.1 Å². The van der Waals surface area contributed by atoms with E-state index in [1.54, 1.807) is 12.1 Å². The van der Waals surface area contributed by atoms with Gasteiger partial charge in [-0.05, 0) is 41.5 Å².